The zero-order valence-electron chi connectivity index (χ0n) is 8.31. The van der Waals surface area contributed by atoms with Gasteiger partial charge in [0, 0.05) is 16.1 Å². The van der Waals surface area contributed by atoms with Crippen molar-refractivity contribution in [2.24, 2.45) is 4.99 Å². The van der Waals surface area contributed by atoms with Gasteiger partial charge in [-0.15, -0.1) is 0 Å². The Labute approximate surface area is 105 Å². The van der Waals surface area contributed by atoms with Crippen LogP contribution in [-0.4, -0.2) is 10.2 Å². The number of ketones is 1. The molecule has 2 rings (SSSR count). The Kier molecular flexibility index (Phi) is 3.48. The smallest absolute Gasteiger partial charge is 0.179 e. The molecule has 0 aliphatic rings. The number of aromatic nitrogens is 1. The van der Waals surface area contributed by atoms with Crippen LogP contribution in [0.25, 0.3) is 0 Å². The lowest BCUT2D eigenvalue weighted by Crippen LogP contribution is -1.97. The van der Waals surface area contributed by atoms with Crippen LogP contribution in [0.3, 0.4) is 0 Å². The number of rotatable bonds is 2. The van der Waals surface area contributed by atoms with Crippen molar-refractivity contribution in [3.63, 3.8) is 0 Å². The van der Waals surface area contributed by atoms with Crippen molar-refractivity contribution >= 4 is 43.9 Å². The van der Waals surface area contributed by atoms with Crippen LogP contribution in [0.1, 0.15) is 17.3 Å². The highest BCUT2D eigenvalue weighted by atomic mass is 35.5. The van der Waals surface area contributed by atoms with E-state index in [-0.39, 0.29) is 5.78 Å². The van der Waals surface area contributed by atoms with Crippen molar-refractivity contribution < 1.29 is 4.79 Å². The number of hydrogen-bond acceptors (Lipinski definition) is 5. The second-order valence-electron chi connectivity index (χ2n) is 3.03. The van der Waals surface area contributed by atoms with Gasteiger partial charge in [-0.2, -0.15) is 4.37 Å². The van der Waals surface area contributed by atoms with E-state index in [0.717, 1.165) is 0 Å². The quantitative estimate of drug-likeness (QED) is 0.621. The van der Waals surface area contributed by atoms with Gasteiger partial charge in [0.05, 0.1) is 5.69 Å². The molecule has 6 heteroatoms. The average Bonchev–Trinajstić information content (AvgIpc) is 2.65. The zero-order valence-corrected chi connectivity index (χ0v) is 10.7. The second kappa shape index (κ2) is 4.86. The Balaban J connectivity index is 2.58. The Morgan fingerprint density at radius 3 is 2.81 bits per heavy atom. The van der Waals surface area contributed by atoms with Crippen molar-refractivity contribution in [3.8, 4) is 0 Å². The summed E-state index contributed by atoms with van der Waals surface area (Å²) in [6, 6.07) is 7.19. The van der Waals surface area contributed by atoms with Crippen LogP contribution >= 0.6 is 32.5 Å². The first-order chi connectivity index (χ1) is 7.68. The predicted octanol–water partition coefficient (Wildman–Crippen LogP) is 3.29. The molecule has 1 heterocycles. The summed E-state index contributed by atoms with van der Waals surface area (Å²) in [7, 11) is 2.67. The summed E-state index contributed by atoms with van der Waals surface area (Å²) < 4.78 is 4.57. The summed E-state index contributed by atoms with van der Waals surface area (Å²) in [6.45, 7) is 1.52. The fourth-order valence-electron chi connectivity index (χ4n) is 1.20. The number of carbonyl (C=O) groups is 1. The van der Waals surface area contributed by atoms with E-state index < -0.39 is 0 Å². The summed E-state index contributed by atoms with van der Waals surface area (Å²) in [6.07, 6.45) is 0. The highest BCUT2D eigenvalue weighted by Crippen LogP contribution is 2.19. The minimum Gasteiger partial charge on any atom is -0.294 e. The van der Waals surface area contributed by atoms with Crippen LogP contribution in [0.15, 0.2) is 29.3 Å². The number of benzene rings is 1. The molecule has 0 aliphatic carbocycles. The molecule has 2 aromatic rings. The van der Waals surface area contributed by atoms with Crippen LogP contribution in [0.2, 0.25) is 5.15 Å². The van der Waals surface area contributed by atoms with E-state index in [1.165, 1.54) is 27.8 Å². The van der Waals surface area contributed by atoms with Crippen molar-refractivity contribution in [2.45, 2.75) is 6.92 Å². The number of halogens is 1. The lowest BCUT2D eigenvalue weighted by atomic mass is 10.1. The molecule has 3 nitrogen and oxygen atoms in total. The Bertz CT molecular complexity index is 588. The molecule has 0 fully saturated rings. The lowest BCUT2D eigenvalue weighted by molar-refractivity contribution is 0.101. The molecule has 0 unspecified atom stereocenters. The first-order valence-corrected chi connectivity index (χ1v) is 6.93. The van der Waals surface area contributed by atoms with Gasteiger partial charge >= 0.3 is 0 Å². The maximum atomic E-state index is 11.4. The van der Waals surface area contributed by atoms with Gasteiger partial charge in [-0.1, -0.05) is 23.7 Å². The molecule has 0 spiro atoms. The van der Waals surface area contributed by atoms with Crippen LogP contribution in [0, 0.1) is 0 Å². The SMILES string of the molecule is CC(=O)c1ccccc1N=c1ssnc1Cl. The Morgan fingerprint density at radius 1 is 1.44 bits per heavy atom. The summed E-state index contributed by atoms with van der Waals surface area (Å²) in [4.78, 5) is 15.7. The third-order valence-electron chi connectivity index (χ3n) is 1.92. The van der Waals surface area contributed by atoms with Gasteiger partial charge in [0.2, 0.25) is 0 Å². The summed E-state index contributed by atoms with van der Waals surface area (Å²) >= 11 is 5.85. The highest BCUT2D eigenvalue weighted by molar-refractivity contribution is 7.66. The van der Waals surface area contributed by atoms with Crippen molar-refractivity contribution in [1.82, 2.24) is 4.37 Å². The summed E-state index contributed by atoms with van der Waals surface area (Å²) in [5.74, 6) is -0.0105. The van der Waals surface area contributed by atoms with E-state index in [2.05, 4.69) is 9.37 Å². The molecule has 0 saturated carbocycles. The summed E-state index contributed by atoms with van der Waals surface area (Å²) in [5, 5.41) is 0.383. The molecule has 0 atom stereocenters. The fourth-order valence-corrected chi connectivity index (χ4v) is 3.19. The predicted molar refractivity (Wildman–Crippen MR) is 66.7 cm³/mol. The largest absolute Gasteiger partial charge is 0.294 e. The molecule has 1 aromatic carbocycles. The Morgan fingerprint density at radius 2 is 2.19 bits per heavy atom. The molecule has 1 aromatic heterocycles. The van der Waals surface area contributed by atoms with Gasteiger partial charge in [0.15, 0.2) is 15.6 Å². The lowest BCUT2D eigenvalue weighted by Gasteiger charge is -1.99. The third kappa shape index (κ3) is 2.37. The molecule has 0 amide bonds. The van der Waals surface area contributed by atoms with E-state index in [1.807, 2.05) is 12.1 Å². The standard InChI is InChI=1S/C10H7ClN2OS2/c1-6(14)7-4-2-3-5-8(7)12-10-9(11)13-16-15-10/h2-5H,1H3. The molecule has 0 radical (unpaired) electrons. The molecule has 82 valence electrons. The number of Topliss-reactive ketones (excluding diaryl/α,β-unsaturated/α-hetero) is 1. The molecule has 0 saturated heterocycles. The van der Waals surface area contributed by atoms with Gasteiger partial charge in [-0.3, -0.25) is 4.79 Å². The second-order valence-corrected chi connectivity index (χ2v) is 5.22. The van der Waals surface area contributed by atoms with Gasteiger partial charge in [-0.25, -0.2) is 4.99 Å². The molecule has 0 bridgehead atoms. The molecule has 0 N–H and O–H groups in total. The summed E-state index contributed by atoms with van der Waals surface area (Å²) in [5.41, 5.74) is 1.23. The Hall–Kier alpha value is -1.04. The molecular weight excluding hydrogens is 264 g/mol. The van der Waals surface area contributed by atoms with E-state index in [1.54, 1.807) is 12.1 Å². The van der Waals surface area contributed by atoms with Crippen molar-refractivity contribution in [2.75, 3.05) is 0 Å². The minimum absolute atomic E-state index is 0.0105. The molecule has 0 aliphatic heterocycles. The zero-order chi connectivity index (χ0) is 11.5. The van der Waals surface area contributed by atoms with Gasteiger partial charge in [-0.05, 0) is 29.4 Å². The van der Waals surface area contributed by atoms with Crippen LogP contribution in [0.5, 0.6) is 0 Å². The molecule has 16 heavy (non-hydrogen) atoms. The van der Waals surface area contributed by atoms with E-state index in [0.29, 0.717) is 21.1 Å². The van der Waals surface area contributed by atoms with Gasteiger partial charge < -0.3 is 0 Å². The van der Waals surface area contributed by atoms with Crippen LogP contribution < -0.4 is 4.67 Å². The van der Waals surface area contributed by atoms with E-state index in [9.17, 15) is 4.79 Å². The van der Waals surface area contributed by atoms with Crippen molar-refractivity contribution in [1.29, 1.82) is 0 Å². The van der Waals surface area contributed by atoms with Crippen LogP contribution in [0.4, 0.5) is 5.69 Å². The molecular formula is C10H7ClN2OS2. The normalized spacial score (nSPS) is 11.8. The van der Waals surface area contributed by atoms with E-state index >= 15 is 0 Å². The average molecular weight is 271 g/mol. The number of carbonyl (C=O) groups excluding carboxylic acids is 1. The van der Waals surface area contributed by atoms with E-state index in [4.69, 9.17) is 11.6 Å². The highest BCUT2D eigenvalue weighted by Gasteiger charge is 2.05. The maximum absolute atomic E-state index is 11.4. The number of para-hydroxylation sites is 1. The minimum atomic E-state index is -0.0105. The first-order valence-electron chi connectivity index (χ1n) is 4.44. The number of nitrogens with zero attached hydrogens (tertiary/aromatic N) is 2. The van der Waals surface area contributed by atoms with Crippen molar-refractivity contribution in [3.05, 3.63) is 39.7 Å². The maximum Gasteiger partial charge on any atom is 0.179 e. The van der Waals surface area contributed by atoms with Gasteiger partial charge in [0.1, 0.15) is 0 Å². The monoisotopic (exact) mass is 270 g/mol. The van der Waals surface area contributed by atoms with Gasteiger partial charge in [0.25, 0.3) is 0 Å². The third-order valence-corrected chi connectivity index (χ3v) is 4.09. The van der Waals surface area contributed by atoms with Crippen LogP contribution in [-0.2, 0) is 0 Å². The fraction of sp³-hybridized carbons (Fsp3) is 0.100. The first kappa shape index (κ1) is 11.4. The number of hydrogen-bond donors (Lipinski definition) is 0. The topological polar surface area (TPSA) is 42.3 Å².